The average Bonchev–Trinajstić information content (AvgIpc) is 3.47. The van der Waals surface area contributed by atoms with Gasteiger partial charge in [0.15, 0.2) is 10.9 Å². The molecule has 0 bridgehead atoms. The second-order valence-electron chi connectivity index (χ2n) is 7.47. The number of ether oxygens (including phenoxy) is 1. The zero-order valence-corrected chi connectivity index (χ0v) is 19.6. The number of hydrogen-bond donors (Lipinski definition) is 1. The molecular formula is C23H18F3N3O3S2. The van der Waals surface area contributed by atoms with Crippen molar-refractivity contribution in [1.29, 1.82) is 0 Å². The minimum absolute atomic E-state index is 0.127. The van der Waals surface area contributed by atoms with Crippen LogP contribution in [0.3, 0.4) is 0 Å². The molecule has 11 heteroatoms. The Morgan fingerprint density at radius 1 is 1.21 bits per heavy atom. The smallest absolute Gasteiger partial charge is 0.416 e. The van der Waals surface area contributed by atoms with Crippen molar-refractivity contribution >= 4 is 49.7 Å². The van der Waals surface area contributed by atoms with Crippen molar-refractivity contribution in [2.24, 2.45) is 0 Å². The topological polar surface area (TPSA) is 81.2 Å². The molecular weight excluding hydrogens is 487 g/mol. The maximum Gasteiger partial charge on any atom is 0.416 e. The molecule has 6 nitrogen and oxygen atoms in total. The number of anilines is 1. The highest BCUT2D eigenvalue weighted by atomic mass is 32.1. The van der Waals surface area contributed by atoms with E-state index >= 15 is 0 Å². The van der Waals surface area contributed by atoms with Gasteiger partial charge in [0.25, 0.3) is 0 Å². The fourth-order valence-electron chi connectivity index (χ4n) is 3.34. The van der Waals surface area contributed by atoms with Crippen molar-refractivity contribution in [2.75, 3.05) is 12.4 Å². The van der Waals surface area contributed by atoms with Gasteiger partial charge in [-0.25, -0.2) is 9.97 Å². The Bertz CT molecular complexity index is 1350. The molecule has 0 aliphatic heterocycles. The van der Waals surface area contributed by atoms with Crippen LogP contribution >= 0.6 is 22.7 Å². The van der Waals surface area contributed by atoms with Crippen molar-refractivity contribution in [3.8, 4) is 5.75 Å². The van der Waals surface area contributed by atoms with E-state index in [1.165, 1.54) is 48.8 Å². The number of alkyl halides is 3. The summed E-state index contributed by atoms with van der Waals surface area (Å²) < 4.78 is 45.2. The molecule has 2 aromatic carbocycles. The number of Topliss-reactive ketones (excluding diaryl/α,β-unsaturated/α-hetero) is 1. The van der Waals surface area contributed by atoms with E-state index in [1.54, 1.807) is 23.0 Å². The number of fused-ring (bicyclic) bond motifs is 1. The number of ketones is 1. The number of methoxy groups -OCH3 is 1. The van der Waals surface area contributed by atoms with Gasteiger partial charge in [0.05, 0.1) is 28.8 Å². The van der Waals surface area contributed by atoms with Crippen LogP contribution in [-0.2, 0) is 17.4 Å². The number of halogens is 3. The zero-order valence-electron chi connectivity index (χ0n) is 18.0. The van der Waals surface area contributed by atoms with Gasteiger partial charge in [-0.15, -0.1) is 11.3 Å². The lowest BCUT2D eigenvalue weighted by molar-refractivity contribution is -0.137. The van der Waals surface area contributed by atoms with Gasteiger partial charge in [-0.2, -0.15) is 13.2 Å². The molecule has 1 amide bonds. The molecule has 0 spiro atoms. The highest BCUT2D eigenvalue weighted by molar-refractivity contribution is 7.22. The number of nitrogens with one attached hydrogen (secondary N) is 1. The third-order valence-corrected chi connectivity index (χ3v) is 6.66. The SMILES string of the molecule is COc1cc(CC(=O)c2cscn2)cc2sc(NC(=O)C(C)c3cccc(C(F)(F)F)c3)nc12. The average molecular weight is 506 g/mol. The first-order valence-electron chi connectivity index (χ1n) is 10.0. The number of hydrogen-bond acceptors (Lipinski definition) is 7. The Morgan fingerprint density at radius 3 is 2.68 bits per heavy atom. The number of thiazole rings is 2. The first-order chi connectivity index (χ1) is 16.2. The van der Waals surface area contributed by atoms with Gasteiger partial charge in [0.1, 0.15) is 17.0 Å². The van der Waals surface area contributed by atoms with E-state index in [2.05, 4.69) is 15.3 Å². The Morgan fingerprint density at radius 2 is 2.00 bits per heavy atom. The number of benzene rings is 2. The fourth-order valence-corrected chi connectivity index (χ4v) is 4.85. The van der Waals surface area contributed by atoms with Gasteiger partial charge in [-0.3, -0.25) is 9.59 Å². The van der Waals surface area contributed by atoms with Crippen LogP contribution in [0.4, 0.5) is 18.3 Å². The lowest BCUT2D eigenvalue weighted by Gasteiger charge is -2.13. The maximum absolute atomic E-state index is 13.0. The first kappa shape index (κ1) is 23.8. The minimum atomic E-state index is -4.49. The standard InChI is InChI=1S/C23H18F3N3O3S2/c1-12(14-4-3-5-15(9-14)23(24,25)26)21(31)29-22-28-20-18(32-2)7-13(8-19(20)34-22)6-17(30)16-10-33-11-27-16/h3-5,7-12H,6H2,1-2H3,(H,28,29,31). The van der Waals surface area contributed by atoms with E-state index in [-0.39, 0.29) is 22.9 Å². The Hall–Kier alpha value is -3.31. The molecule has 176 valence electrons. The van der Waals surface area contributed by atoms with E-state index in [0.717, 1.165) is 12.1 Å². The Labute approximate surface area is 200 Å². The van der Waals surface area contributed by atoms with Crippen molar-refractivity contribution in [3.63, 3.8) is 0 Å². The van der Waals surface area contributed by atoms with Gasteiger partial charge in [-0.1, -0.05) is 29.5 Å². The fraction of sp³-hybridized carbons (Fsp3) is 0.217. The number of aromatic nitrogens is 2. The summed E-state index contributed by atoms with van der Waals surface area (Å²) in [5.74, 6) is -1.00. The van der Waals surface area contributed by atoms with Crippen molar-refractivity contribution in [3.05, 3.63) is 69.7 Å². The van der Waals surface area contributed by atoms with Crippen LogP contribution in [0.2, 0.25) is 0 Å². The number of amides is 1. The lowest BCUT2D eigenvalue weighted by Crippen LogP contribution is -2.19. The van der Waals surface area contributed by atoms with Crippen LogP contribution in [0.15, 0.2) is 47.3 Å². The van der Waals surface area contributed by atoms with Crippen molar-refractivity contribution in [1.82, 2.24) is 9.97 Å². The van der Waals surface area contributed by atoms with Gasteiger partial charge in [-0.05, 0) is 36.2 Å². The second kappa shape index (κ2) is 9.51. The van der Waals surface area contributed by atoms with Crippen LogP contribution in [0.1, 0.15) is 40.0 Å². The molecule has 0 fully saturated rings. The molecule has 0 saturated carbocycles. The minimum Gasteiger partial charge on any atom is -0.494 e. The summed E-state index contributed by atoms with van der Waals surface area (Å²) in [6.45, 7) is 1.53. The quantitative estimate of drug-likeness (QED) is 0.314. The molecule has 0 radical (unpaired) electrons. The Balaban J connectivity index is 1.55. The summed E-state index contributed by atoms with van der Waals surface area (Å²) in [4.78, 5) is 33.6. The molecule has 1 atom stereocenters. The van der Waals surface area contributed by atoms with Crippen LogP contribution in [0, 0.1) is 0 Å². The summed E-state index contributed by atoms with van der Waals surface area (Å²) in [6, 6.07) is 8.20. The zero-order chi connectivity index (χ0) is 24.5. The predicted octanol–water partition coefficient (Wildman–Crippen LogP) is 5.95. The van der Waals surface area contributed by atoms with Crippen molar-refractivity contribution < 1.29 is 27.5 Å². The van der Waals surface area contributed by atoms with Gasteiger partial charge in [0.2, 0.25) is 5.91 Å². The molecule has 4 aromatic rings. The number of nitrogens with zero attached hydrogens (tertiary/aromatic N) is 2. The highest BCUT2D eigenvalue weighted by Gasteiger charge is 2.31. The highest BCUT2D eigenvalue weighted by Crippen LogP contribution is 2.35. The summed E-state index contributed by atoms with van der Waals surface area (Å²) in [5, 5.41) is 4.64. The third-order valence-electron chi connectivity index (χ3n) is 5.16. The van der Waals surface area contributed by atoms with E-state index in [4.69, 9.17) is 4.74 Å². The summed E-state index contributed by atoms with van der Waals surface area (Å²) in [5.41, 5.74) is 2.64. The summed E-state index contributed by atoms with van der Waals surface area (Å²) >= 11 is 2.53. The molecule has 2 aromatic heterocycles. The van der Waals surface area contributed by atoms with Gasteiger partial charge >= 0.3 is 6.18 Å². The first-order valence-corrected chi connectivity index (χ1v) is 11.8. The van der Waals surface area contributed by atoms with Crippen LogP contribution < -0.4 is 10.1 Å². The second-order valence-corrected chi connectivity index (χ2v) is 9.22. The Kier molecular flexibility index (Phi) is 6.67. The monoisotopic (exact) mass is 505 g/mol. The molecule has 0 aliphatic rings. The number of carbonyl (C=O) groups is 2. The van der Waals surface area contributed by atoms with Crippen LogP contribution in [0.5, 0.6) is 5.75 Å². The number of rotatable bonds is 7. The van der Waals surface area contributed by atoms with E-state index in [1.807, 2.05) is 0 Å². The van der Waals surface area contributed by atoms with Crippen LogP contribution in [-0.4, -0.2) is 28.8 Å². The molecule has 2 heterocycles. The summed E-state index contributed by atoms with van der Waals surface area (Å²) in [7, 11) is 1.48. The van der Waals surface area contributed by atoms with E-state index in [0.29, 0.717) is 27.2 Å². The van der Waals surface area contributed by atoms with E-state index < -0.39 is 23.6 Å². The largest absolute Gasteiger partial charge is 0.494 e. The lowest BCUT2D eigenvalue weighted by atomic mass is 9.98. The molecule has 4 rings (SSSR count). The number of carbonyl (C=O) groups excluding carboxylic acids is 2. The molecule has 0 aliphatic carbocycles. The summed E-state index contributed by atoms with van der Waals surface area (Å²) in [6.07, 6.45) is -4.36. The molecule has 0 saturated heterocycles. The van der Waals surface area contributed by atoms with E-state index in [9.17, 15) is 22.8 Å². The molecule has 1 unspecified atom stereocenters. The maximum atomic E-state index is 13.0. The normalized spacial score (nSPS) is 12.5. The molecule has 34 heavy (non-hydrogen) atoms. The van der Waals surface area contributed by atoms with Crippen molar-refractivity contribution in [2.45, 2.75) is 25.4 Å². The predicted molar refractivity (Wildman–Crippen MR) is 125 cm³/mol. The van der Waals surface area contributed by atoms with Gasteiger partial charge < -0.3 is 10.1 Å². The van der Waals surface area contributed by atoms with Gasteiger partial charge in [0, 0.05) is 11.8 Å². The van der Waals surface area contributed by atoms with Crippen LogP contribution in [0.25, 0.3) is 10.2 Å². The third kappa shape index (κ3) is 5.10. The molecule has 1 N–H and O–H groups in total.